The highest BCUT2D eigenvalue weighted by Gasteiger charge is 2.59. The van der Waals surface area contributed by atoms with Crippen molar-refractivity contribution in [3.05, 3.63) is 0 Å². The Kier molecular flexibility index (Phi) is 3.51. The van der Waals surface area contributed by atoms with Gasteiger partial charge in [-0.15, -0.1) is 0 Å². The summed E-state index contributed by atoms with van der Waals surface area (Å²) in [6, 6.07) is 0. The first-order valence-electron chi connectivity index (χ1n) is 9.58. The van der Waals surface area contributed by atoms with Crippen molar-refractivity contribution in [2.24, 2.45) is 34.1 Å². The van der Waals surface area contributed by atoms with Crippen LogP contribution in [0.3, 0.4) is 0 Å². The highest BCUT2D eigenvalue weighted by molar-refractivity contribution is 5.92. The molecule has 0 aromatic heterocycles. The van der Waals surface area contributed by atoms with Crippen LogP contribution in [0.2, 0.25) is 0 Å². The number of piperidine rings is 1. The van der Waals surface area contributed by atoms with Crippen LogP contribution in [0.1, 0.15) is 71.6 Å². The van der Waals surface area contributed by atoms with Gasteiger partial charge in [-0.3, -0.25) is 4.79 Å². The zero-order valence-electron chi connectivity index (χ0n) is 14.7. The highest BCUT2D eigenvalue weighted by Crippen LogP contribution is 2.60. The van der Waals surface area contributed by atoms with E-state index in [0.29, 0.717) is 11.8 Å². The summed E-state index contributed by atoms with van der Waals surface area (Å²) in [5.41, 5.74) is 1.58. The summed E-state index contributed by atoms with van der Waals surface area (Å²) in [7, 11) is 0. The van der Waals surface area contributed by atoms with Crippen molar-refractivity contribution in [1.29, 1.82) is 0 Å². The van der Waals surface area contributed by atoms with Crippen LogP contribution in [0.5, 0.6) is 0 Å². The molecule has 0 radical (unpaired) electrons. The molecule has 2 saturated heterocycles. The predicted octanol–water partition coefficient (Wildman–Crippen LogP) is 3.31. The molecule has 2 heterocycles. The Bertz CT molecular complexity index is 545. The van der Waals surface area contributed by atoms with Crippen LogP contribution >= 0.6 is 0 Å². The summed E-state index contributed by atoms with van der Waals surface area (Å²) in [6.45, 7) is 5.76. The molecule has 2 aliphatic heterocycles. The van der Waals surface area contributed by atoms with Gasteiger partial charge in [0.1, 0.15) is 0 Å². The van der Waals surface area contributed by atoms with Gasteiger partial charge in [0.05, 0.1) is 0 Å². The molecule has 4 rings (SSSR count). The Labute approximate surface area is 139 Å². The lowest BCUT2D eigenvalue weighted by Gasteiger charge is -2.59. The van der Waals surface area contributed by atoms with E-state index in [0.717, 1.165) is 37.6 Å². The molecule has 4 fully saturated rings. The lowest BCUT2D eigenvalue weighted by molar-refractivity contribution is -0.150. The molecule has 2 N–H and O–H groups in total. The average Bonchev–Trinajstić information content (AvgIpc) is 2.79. The number of nitrogens with two attached hydrogens (primary N) is 1. The third-order valence-electron chi connectivity index (χ3n) is 8.06. The van der Waals surface area contributed by atoms with Crippen molar-refractivity contribution in [3.8, 4) is 0 Å². The molecule has 5 atom stereocenters. The second-order valence-corrected chi connectivity index (χ2v) is 8.85. The molecule has 0 bridgehead atoms. The number of hydrazone groups is 1. The van der Waals surface area contributed by atoms with Crippen molar-refractivity contribution in [2.75, 3.05) is 6.54 Å². The Balaban J connectivity index is 1.68. The molecule has 128 valence electrons. The summed E-state index contributed by atoms with van der Waals surface area (Å²) < 4.78 is 0. The normalized spacial score (nSPS) is 48.6. The fourth-order valence-electron chi connectivity index (χ4n) is 6.82. The zero-order chi connectivity index (χ0) is 16.2. The number of carbonyl (C=O) groups is 1. The number of rotatable bonds is 0. The van der Waals surface area contributed by atoms with E-state index in [9.17, 15) is 4.79 Å². The molecule has 0 spiro atoms. The molecule has 4 aliphatic rings. The molecule has 2 aliphatic carbocycles. The number of fused-ring (bicyclic) bond motifs is 5. The van der Waals surface area contributed by atoms with Crippen molar-refractivity contribution in [3.63, 3.8) is 0 Å². The summed E-state index contributed by atoms with van der Waals surface area (Å²) in [4.78, 5) is 14.9. The molecule has 4 nitrogen and oxygen atoms in total. The van der Waals surface area contributed by atoms with Gasteiger partial charge in [-0.2, -0.15) is 5.10 Å². The van der Waals surface area contributed by atoms with Gasteiger partial charge in [0, 0.05) is 29.6 Å². The molecule has 2 saturated carbocycles. The van der Waals surface area contributed by atoms with E-state index < -0.39 is 0 Å². The fourth-order valence-corrected chi connectivity index (χ4v) is 6.82. The van der Waals surface area contributed by atoms with Gasteiger partial charge in [-0.25, -0.2) is 0 Å². The van der Waals surface area contributed by atoms with Crippen LogP contribution in [0.25, 0.3) is 0 Å². The molecule has 0 aromatic carbocycles. The van der Waals surface area contributed by atoms with E-state index in [-0.39, 0.29) is 11.0 Å². The maximum atomic E-state index is 12.6. The van der Waals surface area contributed by atoms with E-state index in [1.165, 1.54) is 44.2 Å². The van der Waals surface area contributed by atoms with Gasteiger partial charge in [0.25, 0.3) is 0 Å². The van der Waals surface area contributed by atoms with Crippen molar-refractivity contribution >= 4 is 11.6 Å². The molecule has 0 unspecified atom stereocenters. The Morgan fingerprint density at radius 3 is 2.70 bits per heavy atom. The Hall–Kier alpha value is -1.06. The third-order valence-corrected chi connectivity index (χ3v) is 8.06. The van der Waals surface area contributed by atoms with Gasteiger partial charge in [0.2, 0.25) is 5.91 Å². The van der Waals surface area contributed by atoms with E-state index in [2.05, 4.69) is 23.8 Å². The highest BCUT2D eigenvalue weighted by atomic mass is 16.2. The number of amides is 1. The van der Waals surface area contributed by atoms with Crippen LogP contribution in [-0.4, -0.2) is 28.6 Å². The summed E-state index contributed by atoms with van der Waals surface area (Å²) >= 11 is 0. The van der Waals surface area contributed by atoms with Crippen molar-refractivity contribution in [2.45, 2.75) is 77.2 Å². The second kappa shape index (κ2) is 5.22. The van der Waals surface area contributed by atoms with Gasteiger partial charge in [-0.05, 0) is 69.6 Å². The van der Waals surface area contributed by atoms with Crippen LogP contribution in [0, 0.1) is 23.2 Å². The fraction of sp³-hybridized carbons (Fsp3) is 0.895. The first-order chi connectivity index (χ1) is 11.0. The van der Waals surface area contributed by atoms with Gasteiger partial charge in [0.15, 0.2) is 0 Å². The van der Waals surface area contributed by atoms with Gasteiger partial charge < -0.3 is 10.7 Å². The minimum Gasteiger partial charge on any atom is -0.337 e. The molecular formula is C19H31N3O. The quantitative estimate of drug-likeness (QED) is 0.550. The SMILES string of the molecule is C[C@]12CC[C@H]3[C@@H](CCN4C(=O)CCCC[C@]34C)[C@@H]1CCC2=NN. The van der Waals surface area contributed by atoms with Crippen LogP contribution in [0.4, 0.5) is 0 Å². The van der Waals surface area contributed by atoms with E-state index in [4.69, 9.17) is 5.84 Å². The Morgan fingerprint density at radius 1 is 1.09 bits per heavy atom. The number of hydrogen-bond donors (Lipinski definition) is 1. The lowest BCUT2D eigenvalue weighted by atomic mass is 9.53. The smallest absolute Gasteiger partial charge is 0.223 e. The zero-order valence-corrected chi connectivity index (χ0v) is 14.7. The first kappa shape index (κ1) is 15.5. The maximum absolute atomic E-state index is 12.6. The lowest BCUT2D eigenvalue weighted by Crippen LogP contribution is -2.62. The number of hydrogen-bond acceptors (Lipinski definition) is 3. The van der Waals surface area contributed by atoms with Gasteiger partial charge >= 0.3 is 0 Å². The van der Waals surface area contributed by atoms with Crippen LogP contribution in [-0.2, 0) is 4.79 Å². The third kappa shape index (κ3) is 2.02. The maximum Gasteiger partial charge on any atom is 0.223 e. The van der Waals surface area contributed by atoms with Crippen LogP contribution < -0.4 is 5.84 Å². The second-order valence-electron chi connectivity index (χ2n) is 8.85. The average molecular weight is 317 g/mol. The van der Waals surface area contributed by atoms with Crippen molar-refractivity contribution < 1.29 is 4.79 Å². The number of nitrogens with zero attached hydrogens (tertiary/aromatic N) is 2. The van der Waals surface area contributed by atoms with Crippen molar-refractivity contribution in [1.82, 2.24) is 4.90 Å². The number of carbonyl (C=O) groups excluding carboxylic acids is 1. The van der Waals surface area contributed by atoms with Gasteiger partial charge in [-0.1, -0.05) is 13.3 Å². The minimum absolute atomic E-state index is 0.0977. The van der Waals surface area contributed by atoms with E-state index in [1.54, 1.807) is 0 Å². The minimum atomic E-state index is 0.0977. The predicted molar refractivity (Wildman–Crippen MR) is 91.9 cm³/mol. The topological polar surface area (TPSA) is 58.7 Å². The van der Waals surface area contributed by atoms with E-state index in [1.807, 2.05) is 0 Å². The molecule has 23 heavy (non-hydrogen) atoms. The monoisotopic (exact) mass is 317 g/mol. The van der Waals surface area contributed by atoms with Crippen LogP contribution in [0.15, 0.2) is 5.10 Å². The summed E-state index contributed by atoms with van der Waals surface area (Å²) in [5, 5.41) is 4.16. The molecule has 4 heteroatoms. The first-order valence-corrected chi connectivity index (χ1v) is 9.58. The van der Waals surface area contributed by atoms with E-state index >= 15 is 0 Å². The largest absolute Gasteiger partial charge is 0.337 e. The summed E-state index contributed by atoms with van der Waals surface area (Å²) in [5.74, 6) is 8.26. The Morgan fingerprint density at radius 2 is 1.91 bits per heavy atom. The summed E-state index contributed by atoms with van der Waals surface area (Å²) in [6.07, 6.45) is 10.2. The molecular weight excluding hydrogens is 286 g/mol. The molecule has 1 amide bonds. The standard InChI is InChI=1S/C19H31N3O/c1-18-11-8-15-13(14(18)6-7-16(18)21-20)9-12-22-17(23)5-3-4-10-19(15,22)2/h13-15H,3-12,20H2,1-2H3/t13-,14-,15-,18-,19+/m0/s1. The molecule has 0 aromatic rings.